The van der Waals surface area contributed by atoms with E-state index in [-0.39, 0.29) is 5.82 Å². The van der Waals surface area contributed by atoms with Gasteiger partial charge in [0.25, 0.3) is 0 Å². The van der Waals surface area contributed by atoms with Crippen LogP contribution in [0.15, 0.2) is 18.2 Å². The second-order valence-electron chi connectivity index (χ2n) is 4.84. The molecule has 106 valence electrons. The number of anilines is 1. The Hall–Kier alpha value is -1.29. The van der Waals surface area contributed by atoms with Gasteiger partial charge in [-0.25, -0.2) is 4.39 Å². The Bertz CT molecular complexity index is 411. The Morgan fingerprint density at radius 2 is 2.26 bits per heavy atom. The molecule has 19 heavy (non-hydrogen) atoms. The Labute approximate surface area is 114 Å². The Morgan fingerprint density at radius 3 is 3.00 bits per heavy atom. The Kier molecular flexibility index (Phi) is 5.02. The van der Waals surface area contributed by atoms with Crippen molar-refractivity contribution in [3.63, 3.8) is 0 Å². The highest BCUT2D eigenvalue weighted by Crippen LogP contribution is 2.28. The fraction of sp³-hybridized carbons (Fsp3) is 0.600. The van der Waals surface area contributed by atoms with Crippen molar-refractivity contribution in [1.82, 2.24) is 0 Å². The van der Waals surface area contributed by atoms with Crippen LogP contribution in [0.1, 0.15) is 33.1 Å². The first-order valence-electron chi connectivity index (χ1n) is 7.03. The molecule has 0 spiro atoms. The molecule has 1 saturated heterocycles. The van der Waals surface area contributed by atoms with E-state index in [9.17, 15) is 4.39 Å². The van der Waals surface area contributed by atoms with E-state index in [1.165, 1.54) is 12.1 Å². The quantitative estimate of drug-likeness (QED) is 0.884. The van der Waals surface area contributed by atoms with Crippen LogP contribution in [0.25, 0.3) is 0 Å². The van der Waals surface area contributed by atoms with Crippen molar-refractivity contribution in [2.24, 2.45) is 0 Å². The molecule has 1 N–H and O–H groups in total. The summed E-state index contributed by atoms with van der Waals surface area (Å²) < 4.78 is 24.4. The summed E-state index contributed by atoms with van der Waals surface area (Å²) in [5.74, 6) is 0.314. The van der Waals surface area contributed by atoms with Crippen LogP contribution in [-0.2, 0) is 4.74 Å². The second kappa shape index (κ2) is 6.75. The Balaban J connectivity index is 2.05. The molecule has 1 heterocycles. The summed E-state index contributed by atoms with van der Waals surface area (Å²) >= 11 is 0. The molecule has 4 heteroatoms. The number of halogens is 1. The van der Waals surface area contributed by atoms with Crippen LogP contribution in [0.2, 0.25) is 0 Å². The minimum atomic E-state index is -0.271. The molecule has 0 saturated carbocycles. The molecule has 2 atom stereocenters. The fourth-order valence-electron chi connectivity index (χ4n) is 2.41. The lowest BCUT2D eigenvalue weighted by molar-refractivity contribution is 0.00922. The number of ether oxygens (including phenoxy) is 2. The predicted molar refractivity (Wildman–Crippen MR) is 74.2 cm³/mol. The van der Waals surface area contributed by atoms with Crippen LogP contribution < -0.4 is 10.1 Å². The van der Waals surface area contributed by atoms with Gasteiger partial charge in [-0.1, -0.05) is 6.92 Å². The molecule has 3 nitrogen and oxygen atoms in total. The van der Waals surface area contributed by atoms with E-state index in [2.05, 4.69) is 12.2 Å². The molecule has 0 radical (unpaired) electrons. The zero-order valence-corrected chi connectivity index (χ0v) is 11.6. The van der Waals surface area contributed by atoms with Gasteiger partial charge in [0.1, 0.15) is 11.6 Å². The van der Waals surface area contributed by atoms with Crippen molar-refractivity contribution in [1.29, 1.82) is 0 Å². The van der Waals surface area contributed by atoms with Gasteiger partial charge in [0.05, 0.1) is 18.4 Å². The van der Waals surface area contributed by atoms with Crippen molar-refractivity contribution in [2.45, 2.75) is 45.3 Å². The standard InChI is InChI=1S/C15H22FNO2/c1-3-13-10-12(7-8-19-13)17-14-6-5-11(16)9-15(14)18-4-2/h5-6,9,12-13,17H,3-4,7-8,10H2,1-2H3. The minimum Gasteiger partial charge on any atom is -0.492 e. The summed E-state index contributed by atoms with van der Waals surface area (Å²) in [7, 11) is 0. The van der Waals surface area contributed by atoms with Gasteiger partial charge in [0, 0.05) is 18.7 Å². The van der Waals surface area contributed by atoms with Gasteiger partial charge < -0.3 is 14.8 Å². The van der Waals surface area contributed by atoms with Crippen LogP contribution in [0.4, 0.5) is 10.1 Å². The third-order valence-corrected chi connectivity index (χ3v) is 3.43. The highest BCUT2D eigenvalue weighted by atomic mass is 19.1. The minimum absolute atomic E-state index is 0.271. The molecule has 1 fully saturated rings. The maximum absolute atomic E-state index is 13.2. The lowest BCUT2D eigenvalue weighted by atomic mass is 10.0. The van der Waals surface area contributed by atoms with E-state index >= 15 is 0 Å². The molecule has 0 aromatic heterocycles. The largest absolute Gasteiger partial charge is 0.492 e. The molecule has 1 aliphatic rings. The first-order valence-corrected chi connectivity index (χ1v) is 7.03. The zero-order chi connectivity index (χ0) is 13.7. The summed E-state index contributed by atoms with van der Waals surface area (Å²) in [6.07, 6.45) is 3.31. The molecule has 1 aromatic carbocycles. The van der Waals surface area contributed by atoms with Gasteiger partial charge in [-0.3, -0.25) is 0 Å². The predicted octanol–water partition coefficient (Wildman–Crippen LogP) is 3.59. The molecule has 1 aromatic rings. The number of benzene rings is 1. The molecule has 0 bridgehead atoms. The number of hydrogen-bond donors (Lipinski definition) is 1. The number of rotatable bonds is 5. The van der Waals surface area contributed by atoms with Gasteiger partial charge in [-0.2, -0.15) is 0 Å². The lowest BCUT2D eigenvalue weighted by Gasteiger charge is -2.30. The van der Waals surface area contributed by atoms with E-state index in [1.807, 2.05) is 6.92 Å². The summed E-state index contributed by atoms with van der Waals surface area (Å²) in [6, 6.07) is 5.00. The Morgan fingerprint density at radius 1 is 1.42 bits per heavy atom. The van der Waals surface area contributed by atoms with E-state index < -0.39 is 0 Å². The molecule has 2 rings (SSSR count). The van der Waals surface area contributed by atoms with Crippen molar-refractivity contribution in [2.75, 3.05) is 18.5 Å². The van der Waals surface area contributed by atoms with Gasteiger partial charge >= 0.3 is 0 Å². The normalized spacial score (nSPS) is 23.1. The average molecular weight is 267 g/mol. The van der Waals surface area contributed by atoms with Gasteiger partial charge in [0.2, 0.25) is 0 Å². The average Bonchev–Trinajstić information content (AvgIpc) is 2.42. The zero-order valence-electron chi connectivity index (χ0n) is 11.6. The van der Waals surface area contributed by atoms with Crippen LogP contribution in [0, 0.1) is 5.82 Å². The van der Waals surface area contributed by atoms with Crippen LogP contribution in [-0.4, -0.2) is 25.4 Å². The van der Waals surface area contributed by atoms with Crippen molar-refractivity contribution < 1.29 is 13.9 Å². The van der Waals surface area contributed by atoms with Crippen molar-refractivity contribution in [3.05, 3.63) is 24.0 Å². The highest BCUT2D eigenvalue weighted by molar-refractivity contribution is 5.57. The topological polar surface area (TPSA) is 30.5 Å². The molecule has 1 aliphatic heterocycles. The van der Waals surface area contributed by atoms with Crippen LogP contribution in [0.5, 0.6) is 5.75 Å². The van der Waals surface area contributed by atoms with E-state index in [4.69, 9.17) is 9.47 Å². The fourth-order valence-corrected chi connectivity index (χ4v) is 2.41. The summed E-state index contributed by atoms with van der Waals surface area (Å²) in [5.41, 5.74) is 0.866. The molecular weight excluding hydrogens is 245 g/mol. The first kappa shape index (κ1) is 14.1. The molecule has 2 unspecified atom stereocenters. The lowest BCUT2D eigenvalue weighted by Crippen LogP contribution is -2.33. The molecule has 0 amide bonds. The van der Waals surface area contributed by atoms with Gasteiger partial charge in [-0.05, 0) is 38.3 Å². The van der Waals surface area contributed by atoms with Gasteiger partial charge in [-0.15, -0.1) is 0 Å². The monoisotopic (exact) mass is 267 g/mol. The van der Waals surface area contributed by atoms with Crippen molar-refractivity contribution in [3.8, 4) is 5.75 Å². The number of nitrogens with one attached hydrogen (secondary N) is 1. The van der Waals surface area contributed by atoms with Crippen LogP contribution >= 0.6 is 0 Å². The smallest absolute Gasteiger partial charge is 0.145 e. The summed E-state index contributed by atoms with van der Waals surface area (Å²) in [6.45, 7) is 5.34. The maximum Gasteiger partial charge on any atom is 0.145 e. The maximum atomic E-state index is 13.2. The van der Waals surface area contributed by atoms with E-state index in [1.54, 1.807) is 6.07 Å². The molecule has 0 aliphatic carbocycles. The molecular formula is C15H22FNO2. The van der Waals surface area contributed by atoms with Crippen LogP contribution in [0.3, 0.4) is 0 Å². The number of hydrogen-bond acceptors (Lipinski definition) is 3. The SMILES string of the molecule is CCOc1cc(F)ccc1NC1CCOC(CC)C1. The summed E-state index contributed by atoms with van der Waals surface area (Å²) in [4.78, 5) is 0. The third-order valence-electron chi connectivity index (χ3n) is 3.43. The third kappa shape index (κ3) is 3.83. The first-order chi connectivity index (χ1) is 9.22. The van der Waals surface area contributed by atoms with E-state index in [0.717, 1.165) is 31.6 Å². The summed E-state index contributed by atoms with van der Waals surface area (Å²) in [5, 5.41) is 3.45. The second-order valence-corrected chi connectivity index (χ2v) is 4.84. The van der Waals surface area contributed by atoms with E-state index in [0.29, 0.717) is 24.5 Å². The van der Waals surface area contributed by atoms with Gasteiger partial charge in [0.15, 0.2) is 0 Å². The highest BCUT2D eigenvalue weighted by Gasteiger charge is 2.22. The van der Waals surface area contributed by atoms with Crippen molar-refractivity contribution >= 4 is 5.69 Å².